The van der Waals surface area contributed by atoms with Crippen LogP contribution >= 0.6 is 0 Å². The second-order valence-corrected chi connectivity index (χ2v) is 5.73. The van der Waals surface area contributed by atoms with Crippen molar-refractivity contribution in [3.8, 4) is 5.88 Å². The van der Waals surface area contributed by atoms with Gasteiger partial charge in [0.25, 0.3) is 11.8 Å². The summed E-state index contributed by atoms with van der Waals surface area (Å²) in [4.78, 5) is 19.9. The molecule has 1 unspecified atom stereocenters. The van der Waals surface area contributed by atoms with Crippen LogP contribution in [0, 0.1) is 0 Å². The van der Waals surface area contributed by atoms with Crippen LogP contribution in [0.4, 0.5) is 0 Å². The molecule has 2 aromatic carbocycles. The zero-order valence-corrected chi connectivity index (χ0v) is 14.0. The van der Waals surface area contributed by atoms with Gasteiger partial charge >= 0.3 is 0 Å². The zero-order chi connectivity index (χ0) is 17.9. The van der Waals surface area contributed by atoms with Crippen molar-refractivity contribution in [2.45, 2.75) is 6.04 Å². The van der Waals surface area contributed by atoms with Crippen LogP contribution < -0.4 is 10.1 Å². The van der Waals surface area contributed by atoms with Gasteiger partial charge in [-0.05, 0) is 28.4 Å². The third kappa shape index (κ3) is 3.02. The number of nitrogens with zero attached hydrogens (tertiary/aromatic N) is 2. The lowest BCUT2D eigenvalue weighted by Gasteiger charge is -2.19. The van der Waals surface area contributed by atoms with Gasteiger partial charge in [0.1, 0.15) is 0 Å². The second kappa shape index (κ2) is 6.72. The van der Waals surface area contributed by atoms with E-state index in [0.717, 1.165) is 22.2 Å². The smallest absolute Gasteiger partial charge is 0.290 e. The summed E-state index contributed by atoms with van der Waals surface area (Å²) < 4.78 is 10.0. The number of ether oxygens (including phenoxy) is 1. The summed E-state index contributed by atoms with van der Waals surface area (Å²) in [6.07, 6.45) is 1.64. The summed E-state index contributed by atoms with van der Waals surface area (Å²) in [5.74, 6) is -0.0324. The molecule has 0 saturated heterocycles. The molecule has 0 radical (unpaired) electrons. The lowest BCUT2D eigenvalue weighted by molar-refractivity contribution is 0.0905. The standard InChI is InChI=1S/C19H16N4O3/c1-25-17-10-16(26-23-17)19(24)22-18(12-5-3-2-4-6-12)13-7-8-14-15(9-13)21-11-20-14/h2-11,18H,1H3,(H,20,21)(H,22,24). The van der Waals surface area contributed by atoms with E-state index in [0.29, 0.717) is 0 Å². The van der Waals surface area contributed by atoms with E-state index in [9.17, 15) is 4.79 Å². The molecular formula is C19H16N4O3. The molecule has 2 aromatic heterocycles. The molecule has 2 N–H and O–H groups in total. The number of aromatic nitrogens is 3. The van der Waals surface area contributed by atoms with E-state index in [-0.39, 0.29) is 23.6 Å². The van der Waals surface area contributed by atoms with Gasteiger partial charge in [-0.25, -0.2) is 4.98 Å². The average molecular weight is 348 g/mol. The Labute approximate surface area is 149 Å². The minimum absolute atomic E-state index is 0.0883. The maximum absolute atomic E-state index is 12.6. The normalized spacial score (nSPS) is 12.0. The molecule has 4 aromatic rings. The zero-order valence-electron chi connectivity index (χ0n) is 14.0. The molecule has 0 aliphatic carbocycles. The van der Waals surface area contributed by atoms with Gasteiger partial charge in [-0.2, -0.15) is 0 Å². The van der Waals surface area contributed by atoms with Gasteiger partial charge in [-0.1, -0.05) is 36.4 Å². The third-order valence-electron chi connectivity index (χ3n) is 4.11. The molecule has 0 fully saturated rings. The summed E-state index contributed by atoms with van der Waals surface area (Å²) >= 11 is 0. The Bertz CT molecular complexity index is 1040. The number of methoxy groups -OCH3 is 1. The van der Waals surface area contributed by atoms with Crippen LogP contribution in [0.3, 0.4) is 0 Å². The number of rotatable bonds is 5. The fourth-order valence-corrected chi connectivity index (χ4v) is 2.80. The number of hydrogen-bond acceptors (Lipinski definition) is 5. The van der Waals surface area contributed by atoms with E-state index in [1.807, 2.05) is 48.5 Å². The quantitative estimate of drug-likeness (QED) is 0.578. The van der Waals surface area contributed by atoms with Gasteiger partial charge in [-0.3, -0.25) is 4.79 Å². The van der Waals surface area contributed by atoms with Gasteiger partial charge in [0.15, 0.2) is 0 Å². The van der Waals surface area contributed by atoms with Gasteiger partial charge in [-0.15, -0.1) is 0 Å². The first-order chi connectivity index (χ1) is 12.7. The van der Waals surface area contributed by atoms with Crippen LogP contribution in [-0.4, -0.2) is 28.1 Å². The topological polar surface area (TPSA) is 93.0 Å². The van der Waals surface area contributed by atoms with Gasteiger partial charge in [0.05, 0.1) is 36.6 Å². The Balaban J connectivity index is 1.69. The van der Waals surface area contributed by atoms with E-state index in [1.165, 1.54) is 13.2 Å². The summed E-state index contributed by atoms with van der Waals surface area (Å²) in [7, 11) is 1.46. The van der Waals surface area contributed by atoms with E-state index >= 15 is 0 Å². The molecule has 0 spiro atoms. The minimum Gasteiger partial charge on any atom is -0.479 e. The summed E-state index contributed by atoms with van der Waals surface area (Å²) in [5, 5.41) is 6.67. The van der Waals surface area contributed by atoms with Crippen molar-refractivity contribution < 1.29 is 14.1 Å². The van der Waals surface area contributed by atoms with Crippen LogP contribution in [-0.2, 0) is 0 Å². The number of H-pyrrole nitrogens is 1. The molecule has 7 heteroatoms. The number of benzene rings is 2. The monoisotopic (exact) mass is 348 g/mol. The average Bonchev–Trinajstić information content (AvgIpc) is 3.35. The molecule has 0 aliphatic heterocycles. The number of imidazole rings is 1. The molecule has 1 amide bonds. The number of carbonyl (C=O) groups excluding carboxylic acids is 1. The predicted octanol–water partition coefficient (Wildman–Crippen LogP) is 3.08. The fourth-order valence-electron chi connectivity index (χ4n) is 2.80. The molecule has 7 nitrogen and oxygen atoms in total. The lowest BCUT2D eigenvalue weighted by atomic mass is 9.98. The Morgan fingerprint density at radius 2 is 2.00 bits per heavy atom. The molecule has 0 bridgehead atoms. The van der Waals surface area contributed by atoms with E-state index in [1.54, 1.807) is 6.33 Å². The van der Waals surface area contributed by atoms with E-state index in [2.05, 4.69) is 20.4 Å². The number of nitrogens with one attached hydrogen (secondary N) is 2. The number of carbonyl (C=O) groups is 1. The summed E-state index contributed by atoms with van der Waals surface area (Å²) in [5.41, 5.74) is 3.64. The van der Waals surface area contributed by atoms with Gasteiger partial charge in [0.2, 0.25) is 5.76 Å². The number of fused-ring (bicyclic) bond motifs is 1. The molecule has 4 rings (SSSR count). The predicted molar refractivity (Wildman–Crippen MR) is 94.9 cm³/mol. The highest BCUT2D eigenvalue weighted by Crippen LogP contribution is 2.25. The van der Waals surface area contributed by atoms with Crippen LogP contribution in [0.25, 0.3) is 11.0 Å². The Morgan fingerprint density at radius 1 is 1.15 bits per heavy atom. The highest BCUT2D eigenvalue weighted by molar-refractivity contribution is 5.92. The lowest BCUT2D eigenvalue weighted by Crippen LogP contribution is -2.29. The minimum atomic E-state index is -0.376. The number of amides is 1. The Kier molecular flexibility index (Phi) is 4.10. The van der Waals surface area contributed by atoms with Crippen molar-refractivity contribution in [3.05, 3.63) is 77.8 Å². The molecular weight excluding hydrogens is 332 g/mol. The Morgan fingerprint density at radius 3 is 2.77 bits per heavy atom. The molecule has 2 heterocycles. The van der Waals surface area contributed by atoms with Gasteiger partial charge in [0, 0.05) is 0 Å². The van der Waals surface area contributed by atoms with Crippen molar-refractivity contribution in [2.75, 3.05) is 7.11 Å². The SMILES string of the molecule is COc1cc(C(=O)NC(c2ccccc2)c2ccc3nc[nH]c3c2)on1. The van der Waals surface area contributed by atoms with Crippen LogP contribution in [0.15, 0.2) is 65.4 Å². The van der Waals surface area contributed by atoms with Crippen molar-refractivity contribution in [3.63, 3.8) is 0 Å². The van der Waals surface area contributed by atoms with Crippen LogP contribution in [0.5, 0.6) is 5.88 Å². The van der Waals surface area contributed by atoms with Crippen molar-refractivity contribution in [2.24, 2.45) is 0 Å². The molecule has 0 saturated carbocycles. The maximum atomic E-state index is 12.6. The van der Waals surface area contributed by atoms with E-state index in [4.69, 9.17) is 9.26 Å². The first kappa shape index (κ1) is 15.9. The van der Waals surface area contributed by atoms with Crippen molar-refractivity contribution >= 4 is 16.9 Å². The number of aromatic amines is 1. The second-order valence-electron chi connectivity index (χ2n) is 5.73. The van der Waals surface area contributed by atoms with E-state index < -0.39 is 0 Å². The number of hydrogen-bond donors (Lipinski definition) is 2. The highest BCUT2D eigenvalue weighted by atomic mass is 16.5. The first-order valence-electron chi connectivity index (χ1n) is 8.04. The van der Waals surface area contributed by atoms with Crippen molar-refractivity contribution in [1.29, 1.82) is 0 Å². The largest absolute Gasteiger partial charge is 0.479 e. The summed E-state index contributed by atoms with van der Waals surface area (Å²) in [6.45, 7) is 0. The molecule has 0 aliphatic rings. The van der Waals surface area contributed by atoms with Crippen molar-refractivity contribution in [1.82, 2.24) is 20.4 Å². The molecule has 1 atom stereocenters. The van der Waals surface area contributed by atoms with Gasteiger partial charge < -0.3 is 19.6 Å². The first-order valence-corrected chi connectivity index (χ1v) is 8.04. The van der Waals surface area contributed by atoms with Crippen LogP contribution in [0.2, 0.25) is 0 Å². The summed E-state index contributed by atoms with van der Waals surface area (Å²) in [6, 6.07) is 16.7. The molecule has 26 heavy (non-hydrogen) atoms. The third-order valence-corrected chi connectivity index (χ3v) is 4.11. The fraction of sp³-hybridized carbons (Fsp3) is 0.105. The van der Waals surface area contributed by atoms with Crippen LogP contribution in [0.1, 0.15) is 27.7 Å². The maximum Gasteiger partial charge on any atom is 0.290 e. The Hall–Kier alpha value is -3.61. The highest BCUT2D eigenvalue weighted by Gasteiger charge is 2.21. The molecule has 130 valence electrons.